The van der Waals surface area contributed by atoms with Crippen LogP contribution in [0.2, 0.25) is 0 Å². The first-order valence-electron chi connectivity index (χ1n) is 6.61. The monoisotopic (exact) mass is 331 g/mol. The van der Waals surface area contributed by atoms with Crippen molar-refractivity contribution in [3.8, 4) is 5.75 Å². The average Bonchev–Trinajstić information content (AvgIpc) is 2.41. The maximum absolute atomic E-state index is 12.6. The van der Waals surface area contributed by atoms with Crippen molar-refractivity contribution in [2.45, 2.75) is 24.7 Å². The van der Waals surface area contributed by atoms with Crippen LogP contribution < -0.4 is 4.74 Å². The van der Waals surface area contributed by atoms with Crippen molar-refractivity contribution in [3.05, 3.63) is 58.8 Å². The van der Waals surface area contributed by atoms with Crippen LogP contribution in [0.1, 0.15) is 24.8 Å². The lowest BCUT2D eigenvalue weighted by Crippen LogP contribution is -2.45. The van der Waals surface area contributed by atoms with Gasteiger partial charge in [0.2, 0.25) is 0 Å². The fourth-order valence-corrected chi connectivity index (χ4v) is 2.87. The number of nitrogens with zero attached hydrogens (tertiary/aromatic N) is 1. The van der Waals surface area contributed by atoms with Crippen molar-refractivity contribution in [1.82, 2.24) is 4.98 Å². The molecule has 0 atom stereocenters. The van der Waals surface area contributed by atoms with Gasteiger partial charge in [0.1, 0.15) is 4.60 Å². The zero-order valence-electron chi connectivity index (χ0n) is 10.9. The van der Waals surface area contributed by atoms with Crippen LogP contribution in [0.3, 0.4) is 0 Å². The van der Waals surface area contributed by atoms with E-state index in [4.69, 9.17) is 4.74 Å². The third-order valence-electron chi connectivity index (χ3n) is 3.85. The molecule has 0 N–H and O–H groups in total. The van der Waals surface area contributed by atoms with Crippen LogP contribution >= 0.6 is 15.9 Å². The molecule has 3 nitrogen and oxygen atoms in total. The van der Waals surface area contributed by atoms with E-state index < -0.39 is 5.41 Å². The second kappa shape index (κ2) is 5.37. The molecule has 0 radical (unpaired) electrons. The van der Waals surface area contributed by atoms with Gasteiger partial charge in [0, 0.05) is 6.20 Å². The zero-order chi connectivity index (χ0) is 14.0. The van der Waals surface area contributed by atoms with E-state index in [0.717, 1.165) is 24.8 Å². The van der Waals surface area contributed by atoms with Crippen LogP contribution in [0.15, 0.2) is 53.3 Å². The molecule has 0 aliphatic heterocycles. The van der Waals surface area contributed by atoms with Gasteiger partial charge in [-0.15, -0.1) is 0 Å². The molecule has 0 amide bonds. The van der Waals surface area contributed by atoms with Crippen molar-refractivity contribution < 1.29 is 9.53 Å². The molecule has 3 rings (SSSR count). The standard InChI is InChI=1S/C16H14BrNO2/c17-14-13(8-4-11-18-14)20-15(19)16(9-5-10-16)12-6-2-1-3-7-12/h1-4,6-8,11H,5,9-10H2. The van der Waals surface area contributed by atoms with E-state index in [-0.39, 0.29) is 5.97 Å². The average molecular weight is 332 g/mol. The lowest BCUT2D eigenvalue weighted by atomic mass is 9.64. The summed E-state index contributed by atoms with van der Waals surface area (Å²) in [6.45, 7) is 0. The van der Waals surface area contributed by atoms with Gasteiger partial charge in [0.25, 0.3) is 0 Å². The number of aromatic nitrogens is 1. The van der Waals surface area contributed by atoms with Gasteiger partial charge in [0.15, 0.2) is 5.75 Å². The lowest BCUT2D eigenvalue weighted by Gasteiger charge is -2.39. The lowest BCUT2D eigenvalue weighted by molar-refractivity contribution is -0.144. The minimum Gasteiger partial charge on any atom is -0.423 e. The number of halogens is 1. The fraction of sp³-hybridized carbons (Fsp3) is 0.250. The van der Waals surface area contributed by atoms with Gasteiger partial charge in [-0.3, -0.25) is 4.79 Å². The van der Waals surface area contributed by atoms with Gasteiger partial charge in [-0.1, -0.05) is 36.8 Å². The molecule has 0 saturated heterocycles. The number of carbonyl (C=O) groups is 1. The first-order chi connectivity index (χ1) is 9.72. The zero-order valence-corrected chi connectivity index (χ0v) is 12.5. The first kappa shape index (κ1) is 13.3. The minimum absolute atomic E-state index is 0.191. The van der Waals surface area contributed by atoms with Crippen LogP contribution in [0.4, 0.5) is 0 Å². The molecule has 1 heterocycles. The highest BCUT2D eigenvalue weighted by Gasteiger charge is 2.47. The third-order valence-corrected chi connectivity index (χ3v) is 4.45. The van der Waals surface area contributed by atoms with Gasteiger partial charge >= 0.3 is 5.97 Å². The summed E-state index contributed by atoms with van der Waals surface area (Å²) in [7, 11) is 0. The topological polar surface area (TPSA) is 39.2 Å². The summed E-state index contributed by atoms with van der Waals surface area (Å²) >= 11 is 3.30. The molecule has 1 aromatic heterocycles. The smallest absolute Gasteiger partial charge is 0.322 e. The van der Waals surface area contributed by atoms with Crippen molar-refractivity contribution in [2.24, 2.45) is 0 Å². The third kappa shape index (κ3) is 2.24. The van der Waals surface area contributed by atoms with Crippen molar-refractivity contribution in [3.63, 3.8) is 0 Å². The predicted molar refractivity (Wildman–Crippen MR) is 79.5 cm³/mol. The Bertz CT molecular complexity index is 623. The van der Waals surface area contributed by atoms with E-state index in [1.54, 1.807) is 18.3 Å². The highest BCUT2D eigenvalue weighted by molar-refractivity contribution is 9.10. The van der Waals surface area contributed by atoms with Crippen LogP contribution in [0.25, 0.3) is 0 Å². The number of pyridine rings is 1. The molecular weight excluding hydrogens is 318 g/mol. The number of rotatable bonds is 3. The molecule has 0 bridgehead atoms. The maximum Gasteiger partial charge on any atom is 0.322 e. The molecule has 20 heavy (non-hydrogen) atoms. The van der Waals surface area contributed by atoms with Crippen molar-refractivity contribution >= 4 is 21.9 Å². The van der Waals surface area contributed by atoms with Gasteiger partial charge in [-0.05, 0) is 46.5 Å². The Labute approximate surface area is 126 Å². The molecule has 1 aromatic carbocycles. The van der Waals surface area contributed by atoms with E-state index in [1.165, 1.54) is 0 Å². The highest BCUT2D eigenvalue weighted by Crippen LogP contribution is 2.45. The van der Waals surface area contributed by atoms with E-state index in [2.05, 4.69) is 20.9 Å². The fourth-order valence-electron chi connectivity index (χ4n) is 2.54. The summed E-state index contributed by atoms with van der Waals surface area (Å²) in [4.78, 5) is 16.7. The quantitative estimate of drug-likeness (QED) is 0.633. The molecule has 1 aliphatic carbocycles. The Morgan fingerprint density at radius 1 is 1.15 bits per heavy atom. The summed E-state index contributed by atoms with van der Waals surface area (Å²) in [5, 5.41) is 0. The first-order valence-corrected chi connectivity index (χ1v) is 7.40. The predicted octanol–water partition coefficient (Wildman–Crippen LogP) is 3.87. The number of benzene rings is 1. The van der Waals surface area contributed by atoms with Crippen LogP contribution in [-0.2, 0) is 10.2 Å². The molecule has 0 spiro atoms. The van der Waals surface area contributed by atoms with Gasteiger partial charge < -0.3 is 4.74 Å². The summed E-state index contributed by atoms with van der Waals surface area (Å²) in [6.07, 6.45) is 4.39. The normalized spacial score (nSPS) is 16.2. The summed E-state index contributed by atoms with van der Waals surface area (Å²) in [5.41, 5.74) is 0.549. The second-order valence-corrected chi connectivity index (χ2v) is 5.73. The van der Waals surface area contributed by atoms with Crippen LogP contribution in [0.5, 0.6) is 5.75 Å². The van der Waals surface area contributed by atoms with Crippen molar-refractivity contribution in [2.75, 3.05) is 0 Å². The molecule has 2 aromatic rings. The molecule has 1 aliphatic rings. The molecule has 1 saturated carbocycles. The Balaban J connectivity index is 1.87. The summed E-state index contributed by atoms with van der Waals surface area (Å²) in [6, 6.07) is 13.4. The summed E-state index contributed by atoms with van der Waals surface area (Å²) in [5.74, 6) is 0.281. The molecule has 1 fully saturated rings. The molecular formula is C16H14BrNO2. The Kier molecular flexibility index (Phi) is 3.57. The number of carbonyl (C=O) groups excluding carboxylic acids is 1. The molecule has 4 heteroatoms. The van der Waals surface area contributed by atoms with E-state index >= 15 is 0 Å². The van der Waals surface area contributed by atoms with E-state index in [1.807, 2.05) is 30.3 Å². The van der Waals surface area contributed by atoms with Gasteiger partial charge in [0.05, 0.1) is 5.41 Å². The number of hydrogen-bond donors (Lipinski definition) is 0. The molecule has 0 unspecified atom stereocenters. The maximum atomic E-state index is 12.6. The highest BCUT2D eigenvalue weighted by atomic mass is 79.9. The van der Waals surface area contributed by atoms with Gasteiger partial charge in [-0.2, -0.15) is 0 Å². The number of esters is 1. The Morgan fingerprint density at radius 2 is 1.90 bits per heavy atom. The number of ether oxygens (including phenoxy) is 1. The largest absolute Gasteiger partial charge is 0.423 e. The minimum atomic E-state index is -0.490. The SMILES string of the molecule is O=C(Oc1cccnc1Br)C1(c2ccccc2)CCC1. The molecule has 102 valence electrons. The Hall–Kier alpha value is -1.68. The van der Waals surface area contributed by atoms with Crippen LogP contribution in [0, 0.1) is 0 Å². The van der Waals surface area contributed by atoms with Crippen LogP contribution in [-0.4, -0.2) is 11.0 Å². The van der Waals surface area contributed by atoms with E-state index in [0.29, 0.717) is 10.4 Å². The van der Waals surface area contributed by atoms with Gasteiger partial charge in [-0.25, -0.2) is 4.98 Å². The van der Waals surface area contributed by atoms with Crippen molar-refractivity contribution in [1.29, 1.82) is 0 Å². The number of hydrogen-bond acceptors (Lipinski definition) is 3. The second-order valence-electron chi connectivity index (χ2n) is 4.98. The summed E-state index contributed by atoms with van der Waals surface area (Å²) < 4.78 is 6.11. The van der Waals surface area contributed by atoms with E-state index in [9.17, 15) is 4.79 Å². The Morgan fingerprint density at radius 3 is 2.50 bits per heavy atom.